The first-order valence-electron chi connectivity index (χ1n) is 4.27. The van der Waals surface area contributed by atoms with Crippen molar-refractivity contribution in [2.24, 2.45) is 0 Å². The van der Waals surface area contributed by atoms with Gasteiger partial charge in [0.25, 0.3) is 0 Å². The minimum atomic E-state index is -0.506. The van der Waals surface area contributed by atoms with Crippen LogP contribution in [0.5, 0.6) is 11.6 Å². The summed E-state index contributed by atoms with van der Waals surface area (Å²) in [7, 11) is 0. The Labute approximate surface area is 101 Å². The molecule has 2 aromatic rings. The van der Waals surface area contributed by atoms with Crippen molar-refractivity contribution in [2.45, 2.75) is 0 Å². The van der Waals surface area contributed by atoms with E-state index in [1.807, 2.05) is 0 Å². The largest absolute Gasteiger partial charge is 0.434 e. The van der Waals surface area contributed by atoms with Crippen molar-refractivity contribution >= 4 is 23.2 Å². The zero-order valence-corrected chi connectivity index (χ0v) is 9.34. The third kappa shape index (κ3) is 2.40. The molecule has 3 nitrogen and oxygen atoms in total. The van der Waals surface area contributed by atoms with Gasteiger partial charge in [0.1, 0.15) is 5.02 Å². The van der Waals surface area contributed by atoms with Crippen LogP contribution in [0.4, 0.5) is 4.39 Å². The lowest BCUT2D eigenvalue weighted by Crippen LogP contribution is -1.93. The van der Waals surface area contributed by atoms with Gasteiger partial charge in [-0.05, 0) is 23.7 Å². The predicted molar refractivity (Wildman–Crippen MR) is 58.5 cm³/mol. The second kappa shape index (κ2) is 4.63. The van der Waals surface area contributed by atoms with Crippen molar-refractivity contribution in [3.8, 4) is 11.6 Å². The van der Waals surface area contributed by atoms with Crippen LogP contribution in [-0.2, 0) is 0 Å². The van der Waals surface area contributed by atoms with Crippen LogP contribution in [0.3, 0.4) is 0 Å². The summed E-state index contributed by atoms with van der Waals surface area (Å²) in [4.78, 5) is 7.39. The van der Waals surface area contributed by atoms with E-state index in [1.54, 1.807) is 12.1 Å². The lowest BCUT2D eigenvalue weighted by molar-refractivity contribution is 0.427. The standard InChI is InChI=1S/C10H5Cl2FN2O/c11-6-5-14-10(12)15-9(6)16-8-4-2-1-3-7(8)13/h1-5H. The molecule has 0 aliphatic rings. The summed E-state index contributed by atoms with van der Waals surface area (Å²) in [6.07, 6.45) is 1.28. The van der Waals surface area contributed by atoms with E-state index in [9.17, 15) is 4.39 Å². The average Bonchev–Trinajstić information content (AvgIpc) is 2.27. The number of nitrogens with zero attached hydrogens (tertiary/aromatic N) is 2. The van der Waals surface area contributed by atoms with Gasteiger partial charge in [0.05, 0.1) is 6.20 Å². The monoisotopic (exact) mass is 258 g/mol. The zero-order valence-electron chi connectivity index (χ0n) is 7.82. The van der Waals surface area contributed by atoms with E-state index in [0.29, 0.717) is 0 Å². The van der Waals surface area contributed by atoms with Crippen molar-refractivity contribution in [1.82, 2.24) is 9.97 Å². The maximum atomic E-state index is 13.3. The molecule has 1 aromatic heterocycles. The second-order valence-electron chi connectivity index (χ2n) is 2.82. The van der Waals surface area contributed by atoms with Gasteiger partial charge in [0, 0.05) is 0 Å². The number of halogens is 3. The fraction of sp³-hybridized carbons (Fsp3) is 0. The van der Waals surface area contributed by atoms with Gasteiger partial charge >= 0.3 is 0 Å². The van der Waals surface area contributed by atoms with E-state index in [2.05, 4.69) is 9.97 Å². The Bertz CT molecular complexity index is 522. The minimum Gasteiger partial charge on any atom is -0.434 e. The van der Waals surface area contributed by atoms with E-state index in [0.717, 1.165) is 0 Å². The second-order valence-corrected chi connectivity index (χ2v) is 3.57. The van der Waals surface area contributed by atoms with Crippen LogP contribution in [0, 0.1) is 5.82 Å². The quantitative estimate of drug-likeness (QED) is 0.771. The summed E-state index contributed by atoms with van der Waals surface area (Å²) >= 11 is 11.3. The van der Waals surface area contributed by atoms with Crippen LogP contribution in [0.2, 0.25) is 10.3 Å². The molecular weight excluding hydrogens is 254 g/mol. The fourth-order valence-corrected chi connectivity index (χ4v) is 1.29. The van der Waals surface area contributed by atoms with Crippen LogP contribution >= 0.6 is 23.2 Å². The van der Waals surface area contributed by atoms with Crippen molar-refractivity contribution in [3.05, 3.63) is 46.6 Å². The molecule has 6 heteroatoms. The first-order valence-corrected chi connectivity index (χ1v) is 5.03. The van der Waals surface area contributed by atoms with Crippen LogP contribution in [0.1, 0.15) is 0 Å². The lowest BCUT2D eigenvalue weighted by atomic mass is 10.3. The Morgan fingerprint density at radius 1 is 1.19 bits per heavy atom. The van der Waals surface area contributed by atoms with Gasteiger partial charge in [-0.2, -0.15) is 4.98 Å². The first-order chi connectivity index (χ1) is 7.66. The number of rotatable bonds is 2. The summed E-state index contributed by atoms with van der Waals surface area (Å²) < 4.78 is 18.4. The number of ether oxygens (including phenoxy) is 1. The highest BCUT2D eigenvalue weighted by atomic mass is 35.5. The van der Waals surface area contributed by atoms with Crippen LogP contribution in [0.15, 0.2) is 30.5 Å². The molecule has 0 saturated carbocycles. The van der Waals surface area contributed by atoms with Gasteiger partial charge in [0.15, 0.2) is 11.6 Å². The first kappa shape index (κ1) is 11.1. The molecular formula is C10H5Cl2FN2O. The highest BCUT2D eigenvalue weighted by Gasteiger charge is 2.09. The molecule has 0 amide bonds. The summed E-state index contributed by atoms with van der Waals surface area (Å²) in [5.41, 5.74) is 0. The van der Waals surface area contributed by atoms with E-state index in [4.69, 9.17) is 27.9 Å². The molecule has 82 valence electrons. The number of hydrogen-bond acceptors (Lipinski definition) is 3. The number of hydrogen-bond donors (Lipinski definition) is 0. The number of benzene rings is 1. The third-order valence-corrected chi connectivity index (χ3v) is 2.17. The zero-order chi connectivity index (χ0) is 11.5. The Balaban J connectivity index is 2.34. The lowest BCUT2D eigenvalue weighted by Gasteiger charge is -2.06. The van der Waals surface area contributed by atoms with E-state index < -0.39 is 5.82 Å². The predicted octanol–water partition coefficient (Wildman–Crippen LogP) is 3.71. The molecule has 0 radical (unpaired) electrons. The van der Waals surface area contributed by atoms with Gasteiger partial charge in [-0.15, -0.1) is 0 Å². The summed E-state index contributed by atoms with van der Waals surface area (Å²) in [5, 5.41) is 0.142. The summed E-state index contributed by atoms with van der Waals surface area (Å²) in [6, 6.07) is 5.92. The molecule has 0 saturated heterocycles. The number of para-hydroxylation sites is 1. The van der Waals surface area contributed by atoms with Crippen LogP contribution < -0.4 is 4.74 Å². The molecule has 0 bridgehead atoms. The van der Waals surface area contributed by atoms with Crippen molar-refractivity contribution in [1.29, 1.82) is 0 Å². The van der Waals surface area contributed by atoms with Crippen LogP contribution in [-0.4, -0.2) is 9.97 Å². The topological polar surface area (TPSA) is 35.0 Å². The summed E-state index contributed by atoms with van der Waals surface area (Å²) in [5.74, 6) is -0.459. The molecule has 0 atom stereocenters. The molecule has 1 heterocycles. The third-order valence-electron chi connectivity index (χ3n) is 1.73. The van der Waals surface area contributed by atoms with E-state index >= 15 is 0 Å². The summed E-state index contributed by atoms with van der Waals surface area (Å²) in [6.45, 7) is 0. The molecule has 0 spiro atoms. The Kier molecular flexibility index (Phi) is 3.22. The molecule has 16 heavy (non-hydrogen) atoms. The normalized spacial score (nSPS) is 10.2. The van der Waals surface area contributed by atoms with Gasteiger partial charge < -0.3 is 4.74 Å². The highest BCUT2D eigenvalue weighted by Crippen LogP contribution is 2.28. The molecule has 1 aromatic carbocycles. The Hall–Kier alpha value is -1.39. The van der Waals surface area contributed by atoms with Gasteiger partial charge in [0.2, 0.25) is 11.2 Å². The van der Waals surface area contributed by atoms with E-state index in [-0.39, 0.29) is 21.9 Å². The molecule has 0 unspecified atom stereocenters. The van der Waals surface area contributed by atoms with Gasteiger partial charge in [-0.3, -0.25) is 0 Å². The molecule has 0 aliphatic carbocycles. The minimum absolute atomic E-state index is 0.0178. The maximum Gasteiger partial charge on any atom is 0.242 e. The number of aromatic nitrogens is 2. The molecule has 0 aliphatic heterocycles. The average molecular weight is 259 g/mol. The fourth-order valence-electron chi connectivity index (χ4n) is 1.03. The van der Waals surface area contributed by atoms with Crippen molar-refractivity contribution in [2.75, 3.05) is 0 Å². The van der Waals surface area contributed by atoms with Gasteiger partial charge in [-0.25, -0.2) is 9.37 Å². The Morgan fingerprint density at radius 2 is 1.94 bits per heavy atom. The SMILES string of the molecule is Fc1ccccc1Oc1nc(Cl)ncc1Cl. The smallest absolute Gasteiger partial charge is 0.242 e. The maximum absolute atomic E-state index is 13.3. The molecule has 2 rings (SSSR count). The van der Waals surface area contributed by atoms with Gasteiger partial charge in [-0.1, -0.05) is 23.7 Å². The molecule has 0 N–H and O–H groups in total. The van der Waals surface area contributed by atoms with Crippen LogP contribution in [0.25, 0.3) is 0 Å². The van der Waals surface area contributed by atoms with E-state index in [1.165, 1.54) is 18.3 Å². The molecule has 0 fully saturated rings. The Morgan fingerprint density at radius 3 is 2.69 bits per heavy atom. The highest BCUT2D eigenvalue weighted by molar-refractivity contribution is 6.32. The van der Waals surface area contributed by atoms with Crippen molar-refractivity contribution in [3.63, 3.8) is 0 Å². The van der Waals surface area contributed by atoms with Crippen molar-refractivity contribution < 1.29 is 9.13 Å².